The van der Waals surface area contributed by atoms with Crippen molar-refractivity contribution in [3.63, 3.8) is 0 Å². The fraction of sp³-hybridized carbons (Fsp3) is 0.417. The molecule has 184 valence electrons. The number of azo groups is 1. The van der Waals surface area contributed by atoms with Crippen LogP contribution < -0.4 is 24.3 Å². The fourth-order valence-corrected chi connectivity index (χ4v) is 3.14. The maximum Gasteiger partial charge on any atom is 0.258 e. The average molecular weight is 492 g/mol. The van der Waals surface area contributed by atoms with Crippen molar-refractivity contribution >= 4 is 34.7 Å². The second-order valence-corrected chi connectivity index (χ2v) is 7.24. The minimum Gasteiger partial charge on any atom is -0.494 e. The van der Waals surface area contributed by atoms with E-state index in [9.17, 15) is 9.59 Å². The number of anilines is 1. The summed E-state index contributed by atoms with van der Waals surface area (Å²) in [4.78, 5) is 25.2. The molecule has 2 rings (SSSR count). The van der Waals surface area contributed by atoms with Gasteiger partial charge in [0.05, 0.1) is 26.4 Å². The molecular formula is C24H30ClN3O6. The molecule has 2 aromatic rings. The van der Waals surface area contributed by atoms with E-state index in [0.29, 0.717) is 65.8 Å². The van der Waals surface area contributed by atoms with E-state index < -0.39 is 17.7 Å². The highest BCUT2D eigenvalue weighted by atomic mass is 35.5. The summed E-state index contributed by atoms with van der Waals surface area (Å²) >= 11 is 6.31. The molecule has 0 fully saturated rings. The van der Waals surface area contributed by atoms with E-state index in [4.69, 9.17) is 30.5 Å². The Morgan fingerprint density at radius 2 is 1.44 bits per heavy atom. The summed E-state index contributed by atoms with van der Waals surface area (Å²) in [6.45, 7) is 10.2. The van der Waals surface area contributed by atoms with Gasteiger partial charge in [0.15, 0.2) is 5.78 Å². The summed E-state index contributed by atoms with van der Waals surface area (Å²) in [6.07, 6.45) is 0. The molecule has 34 heavy (non-hydrogen) atoms. The third-order valence-electron chi connectivity index (χ3n) is 4.33. The van der Waals surface area contributed by atoms with E-state index >= 15 is 0 Å². The lowest BCUT2D eigenvalue weighted by molar-refractivity contribution is -0.126. The highest BCUT2D eigenvalue weighted by Gasteiger charge is 2.24. The number of hydrogen-bond acceptors (Lipinski definition) is 8. The molecule has 0 aliphatic heterocycles. The smallest absolute Gasteiger partial charge is 0.258 e. The number of rotatable bonds is 13. The highest BCUT2D eigenvalue weighted by Crippen LogP contribution is 2.38. The van der Waals surface area contributed by atoms with Gasteiger partial charge in [-0.3, -0.25) is 9.59 Å². The van der Waals surface area contributed by atoms with Gasteiger partial charge in [-0.05, 0) is 46.8 Å². The largest absolute Gasteiger partial charge is 0.494 e. The zero-order valence-corrected chi connectivity index (χ0v) is 20.8. The van der Waals surface area contributed by atoms with Gasteiger partial charge in [-0.25, -0.2) is 0 Å². The number of benzene rings is 2. The monoisotopic (exact) mass is 491 g/mol. The molecule has 0 heterocycles. The lowest BCUT2D eigenvalue weighted by atomic mass is 10.2. The average Bonchev–Trinajstić information content (AvgIpc) is 2.79. The van der Waals surface area contributed by atoms with Gasteiger partial charge in [-0.1, -0.05) is 11.6 Å². The van der Waals surface area contributed by atoms with Crippen molar-refractivity contribution in [1.82, 2.24) is 0 Å². The van der Waals surface area contributed by atoms with Crippen LogP contribution in [0.25, 0.3) is 0 Å². The van der Waals surface area contributed by atoms with Crippen molar-refractivity contribution in [3.05, 3.63) is 35.4 Å². The zero-order valence-electron chi connectivity index (χ0n) is 20.0. The molecule has 1 amide bonds. The van der Waals surface area contributed by atoms with Crippen LogP contribution in [0.2, 0.25) is 5.02 Å². The van der Waals surface area contributed by atoms with Crippen LogP contribution in [0.5, 0.6) is 23.0 Å². The third-order valence-corrected chi connectivity index (χ3v) is 4.70. The standard InChI is InChI=1S/C24H30ClN3O6/c1-6-31-17-10-11-19(32-7-2)18(14-17)27-28-23(15(5)29)24(30)26-16-12-20(33-8-3)22(25)21(13-16)34-9-4/h10-14,23H,6-9H2,1-5H3,(H,26,30). The summed E-state index contributed by atoms with van der Waals surface area (Å²) in [5.41, 5.74) is 0.687. The molecular weight excluding hydrogens is 462 g/mol. The van der Waals surface area contributed by atoms with E-state index in [0.717, 1.165) is 0 Å². The summed E-state index contributed by atoms with van der Waals surface area (Å²) in [5, 5.41) is 11.1. The molecule has 1 N–H and O–H groups in total. The predicted molar refractivity (Wildman–Crippen MR) is 130 cm³/mol. The van der Waals surface area contributed by atoms with Crippen LogP contribution in [0.4, 0.5) is 11.4 Å². The van der Waals surface area contributed by atoms with Crippen molar-refractivity contribution in [2.45, 2.75) is 40.7 Å². The summed E-state index contributed by atoms with van der Waals surface area (Å²) in [7, 11) is 0. The molecule has 1 atom stereocenters. The van der Waals surface area contributed by atoms with Gasteiger partial charge in [-0.15, -0.1) is 0 Å². The van der Waals surface area contributed by atoms with Crippen LogP contribution in [0.3, 0.4) is 0 Å². The minimum atomic E-state index is -1.38. The normalized spacial score (nSPS) is 11.7. The molecule has 0 saturated carbocycles. The minimum absolute atomic E-state index is 0.294. The zero-order chi connectivity index (χ0) is 25.1. The Morgan fingerprint density at radius 1 is 0.882 bits per heavy atom. The van der Waals surface area contributed by atoms with E-state index in [1.165, 1.54) is 6.92 Å². The first-order valence-corrected chi connectivity index (χ1v) is 11.4. The molecule has 0 bridgehead atoms. The lowest BCUT2D eigenvalue weighted by Crippen LogP contribution is -2.31. The van der Waals surface area contributed by atoms with Gasteiger partial charge < -0.3 is 24.3 Å². The maximum atomic E-state index is 12.9. The molecule has 0 spiro atoms. The van der Waals surface area contributed by atoms with Crippen LogP contribution in [-0.4, -0.2) is 44.2 Å². The fourth-order valence-electron chi connectivity index (χ4n) is 2.92. The molecule has 0 aliphatic rings. The molecule has 10 heteroatoms. The number of amides is 1. The van der Waals surface area contributed by atoms with Gasteiger partial charge in [0.25, 0.3) is 5.91 Å². The summed E-state index contributed by atoms with van der Waals surface area (Å²) < 4.78 is 22.1. The van der Waals surface area contributed by atoms with E-state index in [1.807, 2.05) is 27.7 Å². The Bertz CT molecular complexity index is 1000. The number of nitrogens with one attached hydrogen (secondary N) is 1. The van der Waals surface area contributed by atoms with E-state index in [1.54, 1.807) is 30.3 Å². The Labute approximate surface area is 204 Å². The van der Waals surface area contributed by atoms with Gasteiger partial charge >= 0.3 is 0 Å². The van der Waals surface area contributed by atoms with Gasteiger partial charge in [0.1, 0.15) is 33.7 Å². The van der Waals surface area contributed by atoms with E-state index in [2.05, 4.69) is 15.5 Å². The number of ether oxygens (including phenoxy) is 4. The highest BCUT2D eigenvalue weighted by molar-refractivity contribution is 6.33. The second kappa shape index (κ2) is 13.4. The topological polar surface area (TPSA) is 108 Å². The van der Waals surface area contributed by atoms with Gasteiger partial charge in [0, 0.05) is 23.9 Å². The quantitative estimate of drug-likeness (QED) is 0.288. The lowest BCUT2D eigenvalue weighted by Gasteiger charge is -2.15. The Morgan fingerprint density at radius 3 is 1.97 bits per heavy atom. The van der Waals surface area contributed by atoms with Crippen molar-refractivity contribution < 1.29 is 28.5 Å². The first-order chi connectivity index (χ1) is 16.3. The van der Waals surface area contributed by atoms with Crippen molar-refractivity contribution in [2.24, 2.45) is 10.2 Å². The Kier molecular flexibility index (Phi) is 10.6. The molecule has 0 radical (unpaired) electrons. The van der Waals surface area contributed by atoms with Crippen LogP contribution in [0.1, 0.15) is 34.6 Å². The Balaban J connectivity index is 2.33. The van der Waals surface area contributed by atoms with Gasteiger partial charge in [0.2, 0.25) is 6.04 Å². The molecule has 2 aromatic carbocycles. The van der Waals surface area contributed by atoms with Crippen LogP contribution in [0.15, 0.2) is 40.6 Å². The second-order valence-electron chi connectivity index (χ2n) is 6.87. The van der Waals surface area contributed by atoms with Crippen LogP contribution in [0, 0.1) is 0 Å². The Hall–Kier alpha value is -3.33. The van der Waals surface area contributed by atoms with Gasteiger partial charge in [-0.2, -0.15) is 10.2 Å². The first kappa shape index (κ1) is 26.9. The summed E-state index contributed by atoms with van der Waals surface area (Å²) in [5.74, 6) is 0.572. The number of ketones is 1. The molecule has 0 saturated heterocycles. The third kappa shape index (κ3) is 7.34. The van der Waals surface area contributed by atoms with Crippen molar-refractivity contribution in [1.29, 1.82) is 0 Å². The molecule has 1 unspecified atom stereocenters. The maximum absolute atomic E-state index is 12.9. The molecule has 0 aromatic heterocycles. The number of Topliss-reactive ketones (excluding diaryl/α,β-unsaturated/α-hetero) is 1. The van der Waals surface area contributed by atoms with Crippen LogP contribution >= 0.6 is 11.6 Å². The predicted octanol–water partition coefficient (Wildman–Crippen LogP) is 5.61. The van der Waals surface area contributed by atoms with Crippen LogP contribution in [-0.2, 0) is 9.59 Å². The first-order valence-electron chi connectivity index (χ1n) is 11.0. The van der Waals surface area contributed by atoms with Crippen molar-refractivity contribution in [2.75, 3.05) is 31.7 Å². The number of carbonyl (C=O) groups is 2. The number of halogens is 1. The van der Waals surface area contributed by atoms with Crippen molar-refractivity contribution in [3.8, 4) is 23.0 Å². The number of nitrogens with zero attached hydrogens (tertiary/aromatic N) is 2. The molecule has 0 aliphatic carbocycles. The number of carbonyl (C=O) groups excluding carboxylic acids is 2. The SMILES string of the molecule is CCOc1ccc(OCC)c(N=NC(C(C)=O)C(=O)Nc2cc(OCC)c(Cl)c(OCC)c2)c1. The number of hydrogen-bond donors (Lipinski definition) is 1. The summed E-state index contributed by atoms with van der Waals surface area (Å²) in [6, 6.07) is 6.80. The molecule has 9 nitrogen and oxygen atoms in total. The van der Waals surface area contributed by atoms with E-state index in [-0.39, 0.29) is 0 Å².